The van der Waals surface area contributed by atoms with Crippen molar-refractivity contribution in [3.8, 4) is 0 Å². The molecular weight excluding hydrogens is 224 g/mol. The molecule has 1 heterocycles. The molecule has 0 saturated carbocycles. The van der Waals surface area contributed by atoms with Gasteiger partial charge in [-0.05, 0) is 17.7 Å². The Morgan fingerprint density at radius 2 is 1.65 bits per heavy atom. The molecular formula is C12H11F2N3. The molecule has 5 heteroatoms. The minimum absolute atomic E-state index is 0.0325. The maximum Gasteiger partial charge on any atom is 0.167 e. The number of halogens is 2. The molecule has 2 rings (SSSR count). The molecule has 2 N–H and O–H groups in total. The molecule has 0 unspecified atom stereocenters. The van der Waals surface area contributed by atoms with Crippen LogP contribution in [0.4, 0.5) is 8.78 Å². The molecule has 3 nitrogen and oxygen atoms in total. The fraction of sp³-hybridized carbons (Fsp3) is 0.167. The van der Waals surface area contributed by atoms with Gasteiger partial charge in [-0.2, -0.15) is 0 Å². The molecule has 1 aromatic carbocycles. The summed E-state index contributed by atoms with van der Waals surface area (Å²) in [5.41, 5.74) is 6.60. The van der Waals surface area contributed by atoms with Crippen molar-refractivity contribution < 1.29 is 8.78 Å². The average Bonchev–Trinajstić information content (AvgIpc) is 2.35. The van der Waals surface area contributed by atoms with E-state index in [1.807, 2.05) is 0 Å². The summed E-state index contributed by atoms with van der Waals surface area (Å²) in [7, 11) is 0. The van der Waals surface area contributed by atoms with Crippen LogP contribution in [0.1, 0.15) is 17.0 Å². The van der Waals surface area contributed by atoms with Gasteiger partial charge in [0.05, 0.1) is 11.4 Å². The summed E-state index contributed by atoms with van der Waals surface area (Å²) in [6, 6.07) is 5.86. The van der Waals surface area contributed by atoms with E-state index < -0.39 is 5.82 Å². The molecule has 2 aromatic rings. The van der Waals surface area contributed by atoms with E-state index in [1.165, 1.54) is 18.5 Å². The van der Waals surface area contributed by atoms with Gasteiger partial charge in [-0.15, -0.1) is 0 Å². The van der Waals surface area contributed by atoms with Crippen LogP contribution in [0.25, 0.3) is 0 Å². The number of nitrogens with zero attached hydrogens (tertiary/aromatic N) is 2. The third-order valence-electron chi connectivity index (χ3n) is 2.41. The SMILES string of the molecule is NCc1ncnc(Cc2ccc(F)cc2)c1F. The summed E-state index contributed by atoms with van der Waals surface area (Å²) >= 11 is 0. The average molecular weight is 235 g/mol. The highest BCUT2D eigenvalue weighted by atomic mass is 19.1. The fourth-order valence-electron chi connectivity index (χ4n) is 1.51. The van der Waals surface area contributed by atoms with Crippen molar-refractivity contribution in [3.05, 3.63) is 59.2 Å². The van der Waals surface area contributed by atoms with Crippen LogP contribution in [0, 0.1) is 11.6 Å². The molecule has 0 aliphatic heterocycles. The van der Waals surface area contributed by atoms with Gasteiger partial charge in [0.25, 0.3) is 0 Å². The lowest BCUT2D eigenvalue weighted by atomic mass is 10.1. The normalized spacial score (nSPS) is 10.5. The van der Waals surface area contributed by atoms with E-state index in [1.54, 1.807) is 12.1 Å². The summed E-state index contributed by atoms with van der Waals surface area (Å²) in [4.78, 5) is 7.61. The Bertz CT molecular complexity index is 512. The van der Waals surface area contributed by atoms with E-state index in [9.17, 15) is 8.78 Å². The molecule has 0 bridgehead atoms. The molecule has 0 radical (unpaired) electrons. The first-order chi connectivity index (χ1) is 8.20. The minimum Gasteiger partial charge on any atom is -0.325 e. The van der Waals surface area contributed by atoms with Crippen LogP contribution >= 0.6 is 0 Å². The Kier molecular flexibility index (Phi) is 3.39. The van der Waals surface area contributed by atoms with Crippen molar-refractivity contribution in [3.63, 3.8) is 0 Å². The second-order valence-corrected chi connectivity index (χ2v) is 3.59. The lowest BCUT2D eigenvalue weighted by molar-refractivity contribution is 0.574. The van der Waals surface area contributed by atoms with Gasteiger partial charge in [0, 0.05) is 13.0 Å². The first kappa shape index (κ1) is 11.6. The van der Waals surface area contributed by atoms with Gasteiger partial charge < -0.3 is 5.73 Å². The third kappa shape index (κ3) is 2.62. The summed E-state index contributed by atoms with van der Waals surface area (Å²) in [6.07, 6.45) is 1.58. The van der Waals surface area contributed by atoms with Gasteiger partial charge in [0.15, 0.2) is 5.82 Å². The minimum atomic E-state index is -0.487. The van der Waals surface area contributed by atoms with Crippen LogP contribution in [-0.4, -0.2) is 9.97 Å². The molecule has 0 atom stereocenters. The Morgan fingerprint density at radius 1 is 1.00 bits per heavy atom. The Labute approximate surface area is 97.3 Å². The second kappa shape index (κ2) is 4.97. The van der Waals surface area contributed by atoms with E-state index in [0.29, 0.717) is 6.42 Å². The number of rotatable bonds is 3. The topological polar surface area (TPSA) is 51.8 Å². The summed E-state index contributed by atoms with van der Waals surface area (Å²) in [6.45, 7) is 0.0325. The van der Waals surface area contributed by atoms with Crippen LogP contribution in [0.2, 0.25) is 0 Å². The van der Waals surface area contributed by atoms with Crippen molar-refractivity contribution >= 4 is 0 Å². The molecule has 0 saturated heterocycles. The second-order valence-electron chi connectivity index (χ2n) is 3.59. The zero-order valence-corrected chi connectivity index (χ0v) is 9.03. The van der Waals surface area contributed by atoms with Gasteiger partial charge in [-0.25, -0.2) is 18.7 Å². The molecule has 0 fully saturated rings. The predicted octanol–water partition coefficient (Wildman–Crippen LogP) is 1.80. The zero-order valence-electron chi connectivity index (χ0n) is 9.03. The number of hydrogen-bond acceptors (Lipinski definition) is 3. The molecule has 0 aliphatic rings. The van der Waals surface area contributed by atoms with Gasteiger partial charge in [-0.1, -0.05) is 12.1 Å². The molecule has 88 valence electrons. The maximum atomic E-state index is 13.8. The van der Waals surface area contributed by atoms with E-state index >= 15 is 0 Å². The largest absolute Gasteiger partial charge is 0.325 e. The first-order valence-corrected chi connectivity index (χ1v) is 5.13. The Morgan fingerprint density at radius 3 is 2.29 bits per heavy atom. The van der Waals surface area contributed by atoms with Crippen LogP contribution in [0.5, 0.6) is 0 Å². The van der Waals surface area contributed by atoms with E-state index in [2.05, 4.69) is 9.97 Å². The van der Waals surface area contributed by atoms with Crippen molar-refractivity contribution in [1.82, 2.24) is 9.97 Å². The smallest absolute Gasteiger partial charge is 0.167 e. The number of nitrogens with two attached hydrogens (primary N) is 1. The van der Waals surface area contributed by atoms with E-state index in [-0.39, 0.29) is 23.7 Å². The van der Waals surface area contributed by atoms with Crippen LogP contribution in [0.3, 0.4) is 0 Å². The Hall–Kier alpha value is -1.88. The number of hydrogen-bond donors (Lipinski definition) is 1. The van der Waals surface area contributed by atoms with E-state index in [0.717, 1.165) is 5.56 Å². The van der Waals surface area contributed by atoms with Crippen LogP contribution < -0.4 is 5.73 Å². The zero-order chi connectivity index (χ0) is 12.3. The highest BCUT2D eigenvalue weighted by Gasteiger charge is 2.10. The third-order valence-corrected chi connectivity index (χ3v) is 2.41. The lowest BCUT2D eigenvalue weighted by Gasteiger charge is -2.05. The van der Waals surface area contributed by atoms with Crippen LogP contribution in [-0.2, 0) is 13.0 Å². The molecule has 1 aromatic heterocycles. The van der Waals surface area contributed by atoms with Gasteiger partial charge in [0.1, 0.15) is 12.1 Å². The van der Waals surface area contributed by atoms with E-state index in [4.69, 9.17) is 5.73 Å². The highest BCUT2D eigenvalue weighted by Crippen LogP contribution is 2.13. The molecule has 17 heavy (non-hydrogen) atoms. The monoisotopic (exact) mass is 235 g/mol. The quantitative estimate of drug-likeness (QED) is 0.882. The van der Waals surface area contributed by atoms with Crippen molar-refractivity contribution in [2.75, 3.05) is 0 Å². The summed E-state index contributed by atoms with van der Waals surface area (Å²) in [5, 5.41) is 0. The van der Waals surface area contributed by atoms with Crippen molar-refractivity contribution in [2.24, 2.45) is 5.73 Å². The fourth-order valence-corrected chi connectivity index (χ4v) is 1.51. The van der Waals surface area contributed by atoms with Crippen molar-refractivity contribution in [2.45, 2.75) is 13.0 Å². The lowest BCUT2D eigenvalue weighted by Crippen LogP contribution is -2.08. The Balaban J connectivity index is 2.27. The number of aromatic nitrogens is 2. The van der Waals surface area contributed by atoms with Crippen molar-refractivity contribution in [1.29, 1.82) is 0 Å². The van der Waals surface area contributed by atoms with Gasteiger partial charge in [-0.3, -0.25) is 0 Å². The van der Waals surface area contributed by atoms with Crippen LogP contribution in [0.15, 0.2) is 30.6 Å². The molecule has 0 spiro atoms. The summed E-state index contributed by atoms with van der Waals surface area (Å²) in [5.74, 6) is -0.807. The first-order valence-electron chi connectivity index (χ1n) is 5.13. The molecule has 0 amide bonds. The number of benzene rings is 1. The highest BCUT2D eigenvalue weighted by molar-refractivity contribution is 5.23. The summed E-state index contributed by atoms with van der Waals surface area (Å²) < 4.78 is 26.5. The maximum absolute atomic E-state index is 13.8. The standard InChI is InChI=1S/C12H11F2N3/c13-9-3-1-8(2-4-9)5-10-12(14)11(6-15)17-7-16-10/h1-4,7H,5-6,15H2. The molecule has 0 aliphatic carbocycles. The van der Waals surface area contributed by atoms with Gasteiger partial charge >= 0.3 is 0 Å². The van der Waals surface area contributed by atoms with Gasteiger partial charge in [0.2, 0.25) is 0 Å². The predicted molar refractivity (Wildman–Crippen MR) is 59.1 cm³/mol.